The number of sulfonamides is 1. The Morgan fingerprint density at radius 1 is 1.09 bits per heavy atom. The number of hydrogen-bond donors (Lipinski definition) is 1. The fourth-order valence-electron chi connectivity index (χ4n) is 4.13. The van der Waals surface area contributed by atoms with Crippen molar-refractivity contribution in [1.29, 1.82) is 0 Å². The second-order valence-corrected chi connectivity index (χ2v) is 10.4. The summed E-state index contributed by atoms with van der Waals surface area (Å²) in [7, 11) is -3.82. The van der Waals surface area contributed by atoms with Crippen molar-refractivity contribution in [3.63, 3.8) is 0 Å². The van der Waals surface area contributed by atoms with Gasteiger partial charge < -0.3 is 5.32 Å². The van der Waals surface area contributed by atoms with Gasteiger partial charge in [0.25, 0.3) is 0 Å². The second kappa shape index (κ2) is 10.2. The maximum absolute atomic E-state index is 13.0. The van der Waals surface area contributed by atoms with Gasteiger partial charge in [0.15, 0.2) is 0 Å². The number of nitrogens with zero attached hydrogens (tertiary/aromatic N) is 1. The average molecular weight is 483 g/mol. The molecule has 2 aromatic carbocycles. The van der Waals surface area contributed by atoms with Crippen LogP contribution >= 0.6 is 0 Å². The van der Waals surface area contributed by atoms with Crippen LogP contribution in [0.3, 0.4) is 0 Å². The van der Waals surface area contributed by atoms with E-state index in [0.29, 0.717) is 0 Å². The summed E-state index contributed by atoms with van der Waals surface area (Å²) in [6, 6.07) is 10.3. The van der Waals surface area contributed by atoms with Crippen LogP contribution < -0.4 is 9.62 Å². The molecule has 0 fully saturated rings. The number of halogens is 3. The molecule has 0 unspecified atom stereocenters. The molecule has 1 amide bonds. The van der Waals surface area contributed by atoms with Gasteiger partial charge >= 0.3 is 6.18 Å². The fraction of sp³-hybridized carbons (Fsp3) is 0.458. The summed E-state index contributed by atoms with van der Waals surface area (Å²) in [4.78, 5) is 12.4. The Bertz CT molecular complexity index is 1100. The minimum Gasteiger partial charge on any atom is -0.350 e. The van der Waals surface area contributed by atoms with Gasteiger partial charge in [0.2, 0.25) is 15.9 Å². The Balaban J connectivity index is 1.60. The Morgan fingerprint density at radius 3 is 2.45 bits per heavy atom. The van der Waals surface area contributed by atoms with E-state index in [9.17, 15) is 26.4 Å². The highest BCUT2D eigenvalue weighted by atomic mass is 32.2. The molecule has 0 bridgehead atoms. The molecule has 9 heteroatoms. The molecule has 1 atom stereocenters. The Morgan fingerprint density at radius 2 is 1.79 bits per heavy atom. The second-order valence-electron chi connectivity index (χ2n) is 8.51. The van der Waals surface area contributed by atoms with Crippen LogP contribution in [0.25, 0.3) is 0 Å². The van der Waals surface area contributed by atoms with Crippen LogP contribution in [-0.4, -0.2) is 27.1 Å². The molecule has 1 N–H and O–H groups in total. The molecule has 0 aliphatic heterocycles. The van der Waals surface area contributed by atoms with Crippen molar-refractivity contribution >= 4 is 21.6 Å². The van der Waals surface area contributed by atoms with Gasteiger partial charge in [0.05, 0.1) is 23.5 Å². The smallest absolute Gasteiger partial charge is 0.350 e. The predicted molar refractivity (Wildman–Crippen MR) is 123 cm³/mol. The molecule has 0 saturated carbocycles. The van der Waals surface area contributed by atoms with Gasteiger partial charge in [-0.15, -0.1) is 0 Å². The number of rotatable bonds is 8. The van der Waals surface area contributed by atoms with Crippen LogP contribution in [0, 0.1) is 0 Å². The molecule has 2 aromatic rings. The largest absolute Gasteiger partial charge is 0.416 e. The van der Waals surface area contributed by atoms with E-state index in [1.807, 2.05) is 13.0 Å². The van der Waals surface area contributed by atoms with Crippen molar-refractivity contribution in [1.82, 2.24) is 5.32 Å². The van der Waals surface area contributed by atoms with Gasteiger partial charge in [-0.2, -0.15) is 13.2 Å². The first-order valence-electron chi connectivity index (χ1n) is 11.0. The summed E-state index contributed by atoms with van der Waals surface area (Å²) in [5.41, 5.74) is 2.70. The number of fused-ring (bicyclic) bond motifs is 1. The summed E-state index contributed by atoms with van der Waals surface area (Å²) in [6.07, 6.45) is 1.08. The molecule has 0 spiro atoms. The Labute approximate surface area is 193 Å². The van der Waals surface area contributed by atoms with Crippen molar-refractivity contribution < 1.29 is 26.4 Å². The molecule has 3 rings (SSSR count). The number of alkyl halides is 3. The number of anilines is 1. The monoisotopic (exact) mass is 482 g/mol. The van der Waals surface area contributed by atoms with Crippen molar-refractivity contribution in [3.8, 4) is 0 Å². The lowest BCUT2D eigenvalue weighted by molar-refractivity contribution is -0.137. The van der Waals surface area contributed by atoms with Gasteiger partial charge in [0.1, 0.15) is 0 Å². The quantitative estimate of drug-likeness (QED) is 0.575. The highest BCUT2D eigenvalue weighted by Crippen LogP contribution is 2.32. The number of amides is 1. The molecule has 180 valence electrons. The molecule has 5 nitrogen and oxygen atoms in total. The summed E-state index contributed by atoms with van der Waals surface area (Å²) >= 11 is 0. The lowest BCUT2D eigenvalue weighted by atomic mass is 9.89. The van der Waals surface area contributed by atoms with Crippen LogP contribution in [0.5, 0.6) is 0 Å². The van der Waals surface area contributed by atoms with Crippen LogP contribution in [-0.2, 0) is 33.8 Å². The molecule has 0 radical (unpaired) electrons. The lowest BCUT2D eigenvalue weighted by Gasteiger charge is -2.23. The first kappa shape index (κ1) is 25.1. The molecule has 0 saturated heterocycles. The highest BCUT2D eigenvalue weighted by molar-refractivity contribution is 7.92. The summed E-state index contributed by atoms with van der Waals surface area (Å²) in [6.45, 7) is 1.80. The minimum atomic E-state index is -4.58. The maximum atomic E-state index is 13.0. The van der Waals surface area contributed by atoms with Gasteiger partial charge in [-0.05, 0) is 73.9 Å². The van der Waals surface area contributed by atoms with E-state index in [2.05, 4.69) is 17.4 Å². The van der Waals surface area contributed by atoms with Crippen molar-refractivity contribution in [2.24, 2.45) is 0 Å². The van der Waals surface area contributed by atoms with E-state index >= 15 is 0 Å². The topological polar surface area (TPSA) is 66.5 Å². The van der Waals surface area contributed by atoms with Crippen molar-refractivity contribution in [3.05, 3.63) is 64.7 Å². The Kier molecular flexibility index (Phi) is 7.72. The number of nitrogens with one attached hydrogen (secondary N) is 1. The average Bonchev–Trinajstić information content (AvgIpc) is 2.75. The minimum absolute atomic E-state index is 0.0558. The Hall–Kier alpha value is -2.55. The normalized spacial score (nSPS) is 14.9. The fourth-order valence-corrected chi connectivity index (χ4v) is 5.08. The zero-order valence-corrected chi connectivity index (χ0v) is 19.6. The van der Waals surface area contributed by atoms with Crippen LogP contribution in [0.4, 0.5) is 18.9 Å². The summed E-state index contributed by atoms with van der Waals surface area (Å²) in [5, 5.41) is 2.93. The summed E-state index contributed by atoms with van der Waals surface area (Å²) < 4.78 is 64.3. The van der Waals surface area contributed by atoms with Gasteiger partial charge in [-0.3, -0.25) is 9.10 Å². The molecular formula is C24H29F3N2O3S. The van der Waals surface area contributed by atoms with E-state index in [0.717, 1.165) is 41.1 Å². The number of benzene rings is 2. The zero-order valence-electron chi connectivity index (χ0n) is 18.8. The standard InChI is InChI=1S/C24H29F3N2O3S/c1-17(19-13-12-18-7-3-4-8-20(18)15-19)28-23(30)11-6-14-29(33(2,31)32)22-10-5-9-21(16-22)24(25,26)27/h5,9-10,12-13,15-17H,3-4,6-8,11,14H2,1-2H3,(H,28,30)/t17-/m0/s1. The SMILES string of the molecule is C[C@H](NC(=O)CCCN(c1cccc(C(F)(F)F)c1)S(C)(=O)=O)c1ccc2c(c1)CCCC2. The molecular weight excluding hydrogens is 453 g/mol. The van der Waals surface area contributed by atoms with E-state index < -0.39 is 21.8 Å². The third-order valence-electron chi connectivity index (χ3n) is 5.88. The van der Waals surface area contributed by atoms with Crippen LogP contribution in [0.15, 0.2) is 42.5 Å². The van der Waals surface area contributed by atoms with Gasteiger partial charge in [-0.1, -0.05) is 24.3 Å². The predicted octanol–water partition coefficient (Wildman–Crippen LogP) is 5.01. The van der Waals surface area contributed by atoms with Crippen molar-refractivity contribution in [2.45, 2.75) is 57.7 Å². The van der Waals surface area contributed by atoms with E-state index in [4.69, 9.17) is 0 Å². The number of carbonyl (C=O) groups is 1. The van der Waals surface area contributed by atoms with Crippen LogP contribution in [0.1, 0.15) is 60.9 Å². The number of hydrogen-bond acceptors (Lipinski definition) is 3. The molecule has 1 aliphatic carbocycles. The van der Waals surface area contributed by atoms with Gasteiger partial charge in [0, 0.05) is 13.0 Å². The molecule has 1 aliphatic rings. The molecule has 0 aromatic heterocycles. The third kappa shape index (κ3) is 6.72. The summed E-state index contributed by atoms with van der Waals surface area (Å²) in [5.74, 6) is -0.238. The number of carbonyl (C=O) groups excluding carboxylic acids is 1. The van der Waals surface area contributed by atoms with E-state index in [1.54, 1.807) is 0 Å². The lowest BCUT2D eigenvalue weighted by Crippen LogP contribution is -2.32. The zero-order chi connectivity index (χ0) is 24.2. The highest BCUT2D eigenvalue weighted by Gasteiger charge is 2.31. The van der Waals surface area contributed by atoms with Gasteiger partial charge in [-0.25, -0.2) is 8.42 Å². The van der Waals surface area contributed by atoms with E-state index in [-0.39, 0.29) is 37.0 Å². The molecule has 0 heterocycles. The first-order chi connectivity index (χ1) is 15.4. The van der Waals surface area contributed by atoms with E-state index in [1.165, 1.54) is 36.1 Å². The van der Waals surface area contributed by atoms with Crippen molar-refractivity contribution in [2.75, 3.05) is 17.1 Å². The maximum Gasteiger partial charge on any atom is 0.416 e. The van der Waals surface area contributed by atoms with Crippen LogP contribution in [0.2, 0.25) is 0 Å². The third-order valence-corrected chi connectivity index (χ3v) is 7.07. The first-order valence-corrected chi connectivity index (χ1v) is 12.9. The number of aryl methyl sites for hydroxylation is 2. The molecule has 33 heavy (non-hydrogen) atoms.